The smallest absolute Gasteiger partial charge is 0.0594 e. The first-order chi connectivity index (χ1) is 9.64. The van der Waals surface area contributed by atoms with Crippen molar-refractivity contribution < 1.29 is 9.47 Å². The molecule has 0 aromatic carbocycles. The zero-order valence-electron chi connectivity index (χ0n) is 13.7. The Kier molecular flexibility index (Phi) is 9.44. The minimum absolute atomic E-state index is 0.325. The SMILES string of the molecule is CCC(C)(C)COCCCNCCCN1CCOCC1. The molecule has 1 fully saturated rings. The highest BCUT2D eigenvalue weighted by Crippen LogP contribution is 2.19. The van der Waals surface area contributed by atoms with Crippen LogP contribution in [-0.2, 0) is 9.47 Å². The van der Waals surface area contributed by atoms with Gasteiger partial charge in [0.1, 0.15) is 0 Å². The second kappa shape index (κ2) is 10.6. The van der Waals surface area contributed by atoms with Crippen LogP contribution in [0.1, 0.15) is 40.0 Å². The van der Waals surface area contributed by atoms with Gasteiger partial charge in [0.25, 0.3) is 0 Å². The van der Waals surface area contributed by atoms with Crippen molar-refractivity contribution in [3.63, 3.8) is 0 Å². The third-order valence-electron chi connectivity index (χ3n) is 4.02. The highest BCUT2D eigenvalue weighted by atomic mass is 16.5. The molecule has 0 aromatic rings. The van der Waals surface area contributed by atoms with Crippen LogP contribution in [0.5, 0.6) is 0 Å². The fourth-order valence-corrected chi connectivity index (χ4v) is 2.13. The molecule has 0 saturated carbocycles. The van der Waals surface area contributed by atoms with Crippen LogP contribution in [-0.4, -0.2) is 64.1 Å². The average Bonchev–Trinajstić information content (AvgIpc) is 2.46. The Balaban J connectivity index is 1.80. The molecule has 0 atom stereocenters. The lowest BCUT2D eigenvalue weighted by molar-refractivity contribution is 0.0374. The Labute approximate surface area is 125 Å². The van der Waals surface area contributed by atoms with E-state index in [1.807, 2.05) is 0 Å². The monoisotopic (exact) mass is 286 g/mol. The highest BCUT2D eigenvalue weighted by Gasteiger charge is 2.14. The topological polar surface area (TPSA) is 33.7 Å². The largest absolute Gasteiger partial charge is 0.381 e. The molecule has 1 aliphatic heterocycles. The summed E-state index contributed by atoms with van der Waals surface area (Å²) in [4.78, 5) is 2.49. The summed E-state index contributed by atoms with van der Waals surface area (Å²) in [5.41, 5.74) is 0.325. The van der Waals surface area contributed by atoms with Gasteiger partial charge in [-0.15, -0.1) is 0 Å². The van der Waals surface area contributed by atoms with Crippen molar-refractivity contribution in [2.24, 2.45) is 5.41 Å². The van der Waals surface area contributed by atoms with Crippen molar-refractivity contribution in [3.8, 4) is 0 Å². The molecule has 1 heterocycles. The van der Waals surface area contributed by atoms with Gasteiger partial charge < -0.3 is 14.8 Å². The van der Waals surface area contributed by atoms with Crippen LogP contribution in [0.4, 0.5) is 0 Å². The molecule has 1 rings (SSSR count). The average molecular weight is 286 g/mol. The van der Waals surface area contributed by atoms with Crippen LogP contribution in [0, 0.1) is 5.41 Å². The van der Waals surface area contributed by atoms with Crippen molar-refractivity contribution >= 4 is 0 Å². The zero-order chi connectivity index (χ0) is 14.7. The second-order valence-electron chi connectivity index (χ2n) is 6.48. The third kappa shape index (κ3) is 8.90. The number of ether oxygens (including phenoxy) is 2. The minimum atomic E-state index is 0.325. The van der Waals surface area contributed by atoms with Crippen molar-refractivity contribution in [2.45, 2.75) is 40.0 Å². The molecule has 1 aliphatic rings. The summed E-state index contributed by atoms with van der Waals surface area (Å²) >= 11 is 0. The summed E-state index contributed by atoms with van der Waals surface area (Å²) in [5, 5.41) is 3.50. The maximum absolute atomic E-state index is 5.73. The van der Waals surface area contributed by atoms with E-state index in [-0.39, 0.29) is 0 Å². The molecule has 1 N–H and O–H groups in total. The fraction of sp³-hybridized carbons (Fsp3) is 1.00. The lowest BCUT2D eigenvalue weighted by Crippen LogP contribution is -2.37. The Morgan fingerprint density at radius 3 is 2.55 bits per heavy atom. The summed E-state index contributed by atoms with van der Waals surface area (Å²) in [7, 11) is 0. The van der Waals surface area contributed by atoms with Crippen LogP contribution >= 0.6 is 0 Å². The Hall–Kier alpha value is -0.160. The van der Waals surface area contributed by atoms with E-state index in [1.54, 1.807) is 0 Å². The minimum Gasteiger partial charge on any atom is -0.381 e. The summed E-state index contributed by atoms with van der Waals surface area (Å²) < 4.78 is 11.1. The van der Waals surface area contributed by atoms with Crippen LogP contribution < -0.4 is 5.32 Å². The lowest BCUT2D eigenvalue weighted by atomic mass is 9.92. The Morgan fingerprint density at radius 2 is 1.85 bits per heavy atom. The van der Waals surface area contributed by atoms with Gasteiger partial charge in [0.05, 0.1) is 19.8 Å². The van der Waals surface area contributed by atoms with Crippen molar-refractivity contribution in [3.05, 3.63) is 0 Å². The Bertz CT molecular complexity index is 229. The molecule has 1 saturated heterocycles. The van der Waals surface area contributed by atoms with Crippen LogP contribution in [0.2, 0.25) is 0 Å². The standard InChI is InChI=1S/C16H34N2O2/c1-4-16(2,3)15-20-12-6-8-17-7-5-9-18-10-13-19-14-11-18/h17H,4-15H2,1-3H3. The number of hydrogen-bond donors (Lipinski definition) is 1. The molecule has 0 aliphatic carbocycles. The van der Waals surface area contributed by atoms with Crippen molar-refractivity contribution in [1.82, 2.24) is 10.2 Å². The van der Waals surface area contributed by atoms with Gasteiger partial charge in [0, 0.05) is 19.7 Å². The first-order valence-electron chi connectivity index (χ1n) is 8.22. The Morgan fingerprint density at radius 1 is 1.15 bits per heavy atom. The van der Waals surface area contributed by atoms with E-state index in [2.05, 4.69) is 31.0 Å². The molecule has 4 heteroatoms. The predicted molar refractivity (Wildman–Crippen MR) is 84.3 cm³/mol. The molecule has 20 heavy (non-hydrogen) atoms. The molecule has 0 radical (unpaired) electrons. The van der Waals surface area contributed by atoms with Crippen molar-refractivity contribution in [2.75, 3.05) is 59.2 Å². The van der Waals surface area contributed by atoms with Gasteiger partial charge in [-0.1, -0.05) is 20.8 Å². The molecule has 0 unspecified atom stereocenters. The van der Waals surface area contributed by atoms with Gasteiger partial charge in [-0.3, -0.25) is 4.90 Å². The molecular weight excluding hydrogens is 252 g/mol. The van der Waals surface area contributed by atoms with E-state index >= 15 is 0 Å². The highest BCUT2D eigenvalue weighted by molar-refractivity contribution is 4.65. The number of morpholine rings is 1. The first kappa shape index (κ1) is 17.9. The fourth-order valence-electron chi connectivity index (χ4n) is 2.13. The van der Waals surface area contributed by atoms with E-state index in [4.69, 9.17) is 9.47 Å². The zero-order valence-corrected chi connectivity index (χ0v) is 13.7. The third-order valence-corrected chi connectivity index (χ3v) is 4.02. The molecule has 0 bridgehead atoms. The summed E-state index contributed by atoms with van der Waals surface area (Å²) in [6.45, 7) is 15.9. The molecule has 120 valence electrons. The summed E-state index contributed by atoms with van der Waals surface area (Å²) in [5.74, 6) is 0. The van der Waals surface area contributed by atoms with E-state index < -0.39 is 0 Å². The van der Waals surface area contributed by atoms with Gasteiger partial charge in [-0.25, -0.2) is 0 Å². The maximum atomic E-state index is 5.73. The molecule has 0 aromatic heterocycles. The van der Waals surface area contributed by atoms with Crippen LogP contribution in [0.25, 0.3) is 0 Å². The summed E-state index contributed by atoms with van der Waals surface area (Å²) in [6.07, 6.45) is 3.51. The van der Waals surface area contributed by atoms with Crippen LogP contribution in [0.15, 0.2) is 0 Å². The normalized spacial score (nSPS) is 17.6. The van der Waals surface area contributed by atoms with Crippen LogP contribution in [0.3, 0.4) is 0 Å². The second-order valence-corrected chi connectivity index (χ2v) is 6.48. The molecule has 4 nitrogen and oxygen atoms in total. The quantitative estimate of drug-likeness (QED) is 0.590. The van der Waals surface area contributed by atoms with Gasteiger partial charge in [0.15, 0.2) is 0 Å². The van der Waals surface area contributed by atoms with E-state index in [0.29, 0.717) is 5.41 Å². The van der Waals surface area contributed by atoms with Gasteiger partial charge in [-0.05, 0) is 44.3 Å². The molecule has 0 spiro atoms. The van der Waals surface area contributed by atoms with Crippen molar-refractivity contribution in [1.29, 1.82) is 0 Å². The first-order valence-corrected chi connectivity index (χ1v) is 8.22. The van der Waals surface area contributed by atoms with Gasteiger partial charge in [0.2, 0.25) is 0 Å². The predicted octanol–water partition coefficient (Wildman–Crippen LogP) is 2.14. The van der Waals surface area contributed by atoms with Gasteiger partial charge >= 0.3 is 0 Å². The number of nitrogens with one attached hydrogen (secondary N) is 1. The number of nitrogens with zero attached hydrogens (tertiary/aromatic N) is 1. The number of hydrogen-bond acceptors (Lipinski definition) is 4. The van der Waals surface area contributed by atoms with E-state index in [0.717, 1.165) is 59.0 Å². The van der Waals surface area contributed by atoms with E-state index in [1.165, 1.54) is 19.4 Å². The molecular formula is C16H34N2O2. The number of rotatable bonds is 11. The van der Waals surface area contributed by atoms with Gasteiger partial charge in [-0.2, -0.15) is 0 Å². The van der Waals surface area contributed by atoms with E-state index in [9.17, 15) is 0 Å². The summed E-state index contributed by atoms with van der Waals surface area (Å²) in [6, 6.07) is 0. The maximum Gasteiger partial charge on any atom is 0.0594 e. The molecule has 0 amide bonds. The lowest BCUT2D eigenvalue weighted by Gasteiger charge is -2.26.